The summed E-state index contributed by atoms with van der Waals surface area (Å²) in [6, 6.07) is 6.97. The Balaban J connectivity index is 2.25. The van der Waals surface area contributed by atoms with Gasteiger partial charge in [-0.25, -0.2) is 9.09 Å². The molecule has 0 aliphatic rings. The molecule has 1 atom stereocenters. The summed E-state index contributed by atoms with van der Waals surface area (Å²) in [4.78, 5) is 18.4. The lowest BCUT2D eigenvalue weighted by molar-refractivity contribution is -0.0454. The van der Waals surface area contributed by atoms with Gasteiger partial charge in [-0.2, -0.15) is 0 Å². The van der Waals surface area contributed by atoms with Gasteiger partial charge >= 0.3 is 7.82 Å². The zero-order chi connectivity index (χ0) is 20.4. The Morgan fingerprint density at radius 2 is 1.22 bits per heavy atom. The number of halogens is 6. The lowest BCUT2D eigenvalue weighted by atomic mass is 10.3. The van der Waals surface area contributed by atoms with Crippen molar-refractivity contribution in [2.75, 3.05) is 6.61 Å². The van der Waals surface area contributed by atoms with Crippen LogP contribution in [0.3, 0.4) is 0 Å². The van der Waals surface area contributed by atoms with Crippen molar-refractivity contribution < 1.29 is 28.3 Å². The van der Waals surface area contributed by atoms with E-state index in [2.05, 4.69) is 95.6 Å². The van der Waals surface area contributed by atoms with Crippen molar-refractivity contribution in [3.05, 3.63) is 51.1 Å². The Kier molecular flexibility index (Phi) is 9.33. The van der Waals surface area contributed by atoms with E-state index in [0.717, 1.165) is 8.95 Å². The van der Waals surface area contributed by atoms with Gasteiger partial charge in [-0.05, 0) is 88.0 Å². The third kappa shape index (κ3) is 7.66. The molecule has 0 fully saturated rings. The molecule has 0 aliphatic heterocycles. The van der Waals surface area contributed by atoms with Crippen LogP contribution in [0.5, 0.6) is 11.5 Å². The summed E-state index contributed by atoms with van der Waals surface area (Å²) in [5.41, 5.74) is 0. The van der Waals surface area contributed by atoms with Gasteiger partial charge < -0.3 is 19.3 Å². The Morgan fingerprint density at radius 3 is 1.63 bits per heavy atom. The monoisotopic (exact) mass is 778 g/mol. The summed E-state index contributed by atoms with van der Waals surface area (Å²) in [6.45, 7) is -0.293. The molecule has 148 valence electrons. The van der Waals surface area contributed by atoms with Crippen molar-refractivity contribution in [1.29, 1.82) is 0 Å². The van der Waals surface area contributed by atoms with Crippen molar-refractivity contribution in [3.8, 4) is 11.5 Å². The quantitative estimate of drug-likeness (QED) is 0.229. The molecule has 13 heteroatoms. The number of ether oxygens (including phenoxy) is 2. The van der Waals surface area contributed by atoms with Crippen molar-refractivity contribution in [2.24, 2.45) is 0 Å². The highest BCUT2D eigenvalue weighted by atomic mass is 79.9. The van der Waals surface area contributed by atoms with Gasteiger partial charge in [0, 0.05) is 8.95 Å². The molecule has 0 radical (unpaired) electrons. The van der Waals surface area contributed by atoms with Crippen LogP contribution in [0.4, 0.5) is 0 Å². The third-order valence-corrected chi connectivity index (χ3v) is 6.58. The first-order valence-corrected chi connectivity index (χ1v) is 13.1. The Morgan fingerprint density at radius 1 is 0.815 bits per heavy atom. The van der Waals surface area contributed by atoms with Crippen LogP contribution in [0.1, 0.15) is 0 Å². The van der Waals surface area contributed by atoms with Crippen LogP contribution in [0, 0.1) is 0 Å². The molecule has 0 aliphatic carbocycles. The zero-order valence-electron chi connectivity index (χ0n) is 12.8. The second-order valence-electron chi connectivity index (χ2n) is 4.85. The van der Waals surface area contributed by atoms with E-state index in [9.17, 15) is 14.4 Å². The maximum atomic E-state index is 11.3. The summed E-state index contributed by atoms with van der Waals surface area (Å²) in [6.07, 6.45) is -1.39. The first-order valence-electron chi connectivity index (χ1n) is 6.79. The molecular formula is C14H9Br6O6P. The minimum absolute atomic E-state index is 0.293. The van der Waals surface area contributed by atoms with Crippen LogP contribution in [-0.4, -0.2) is 22.7 Å². The van der Waals surface area contributed by atoms with E-state index in [0.29, 0.717) is 29.4 Å². The van der Waals surface area contributed by atoms with Crippen LogP contribution in [0.2, 0.25) is 0 Å². The number of rotatable bonds is 7. The highest BCUT2D eigenvalue weighted by Crippen LogP contribution is 2.42. The molecule has 2 aromatic rings. The van der Waals surface area contributed by atoms with E-state index in [1.807, 2.05) is 0 Å². The second-order valence-corrected chi connectivity index (χ2v) is 11.3. The molecule has 0 saturated heterocycles. The molecule has 6 nitrogen and oxygen atoms in total. The lowest BCUT2D eigenvalue weighted by Crippen LogP contribution is -2.27. The first kappa shape index (κ1) is 24.3. The topological polar surface area (TPSA) is 85.2 Å². The van der Waals surface area contributed by atoms with Gasteiger partial charge in [0.15, 0.2) is 12.4 Å². The van der Waals surface area contributed by atoms with Gasteiger partial charge in [-0.3, -0.25) is 0 Å². The fraction of sp³-hybridized carbons (Fsp3) is 0.143. The van der Waals surface area contributed by atoms with Gasteiger partial charge in [0.05, 0.1) is 17.9 Å². The maximum Gasteiger partial charge on any atom is 0.472 e. The standard InChI is InChI=1S/C14H9Br6O6P/c15-6-1-8(17)13(9(18)2-6)24-5-12(26-27(21,22)23)25-14-10(19)3-7(16)4-11(14)20/h1-4,12H,5H2,(H2,21,22,23). The molecule has 0 spiro atoms. The normalized spacial score (nSPS) is 12.7. The van der Waals surface area contributed by atoms with E-state index < -0.39 is 14.1 Å². The Hall–Kier alpha value is 1.03. The zero-order valence-corrected chi connectivity index (χ0v) is 23.2. The van der Waals surface area contributed by atoms with Crippen molar-refractivity contribution in [3.63, 3.8) is 0 Å². The Bertz CT molecular complexity index is 842. The molecule has 2 N–H and O–H groups in total. The van der Waals surface area contributed by atoms with Gasteiger partial charge in [0.1, 0.15) is 5.75 Å². The van der Waals surface area contributed by atoms with E-state index in [4.69, 9.17) is 14.0 Å². The van der Waals surface area contributed by atoms with Crippen molar-refractivity contribution >= 4 is 103 Å². The highest BCUT2D eigenvalue weighted by molar-refractivity contribution is 9.12. The number of hydrogen-bond donors (Lipinski definition) is 2. The summed E-state index contributed by atoms with van der Waals surface area (Å²) in [5, 5.41) is 0. The molecule has 0 aromatic heterocycles. The fourth-order valence-corrected chi connectivity index (χ4v) is 7.17. The fourth-order valence-electron chi connectivity index (χ4n) is 1.83. The van der Waals surface area contributed by atoms with Crippen LogP contribution in [-0.2, 0) is 9.09 Å². The first-order chi connectivity index (χ1) is 12.5. The predicted octanol–water partition coefficient (Wildman–Crippen LogP) is 7.15. The van der Waals surface area contributed by atoms with Gasteiger partial charge in [0.25, 0.3) is 0 Å². The molecular weight excluding hydrogens is 775 g/mol. The van der Waals surface area contributed by atoms with Crippen LogP contribution >= 0.6 is 103 Å². The Labute approximate surface area is 205 Å². The van der Waals surface area contributed by atoms with Gasteiger partial charge in [-0.1, -0.05) is 31.9 Å². The maximum absolute atomic E-state index is 11.3. The van der Waals surface area contributed by atoms with Crippen LogP contribution in [0.25, 0.3) is 0 Å². The van der Waals surface area contributed by atoms with Crippen molar-refractivity contribution in [2.45, 2.75) is 6.29 Å². The summed E-state index contributed by atoms with van der Waals surface area (Å²) >= 11 is 20.1. The van der Waals surface area contributed by atoms with Gasteiger partial charge in [-0.15, -0.1) is 0 Å². The molecule has 1 unspecified atom stereocenters. The van der Waals surface area contributed by atoms with E-state index in [-0.39, 0.29) is 6.61 Å². The predicted molar refractivity (Wildman–Crippen MR) is 122 cm³/mol. The largest absolute Gasteiger partial charge is 0.485 e. The molecule has 2 rings (SSSR count). The van der Waals surface area contributed by atoms with Crippen molar-refractivity contribution in [1.82, 2.24) is 0 Å². The molecule has 0 bridgehead atoms. The second kappa shape index (κ2) is 10.4. The molecule has 0 heterocycles. The number of phosphoric ester groups is 1. The smallest absolute Gasteiger partial charge is 0.472 e. The number of phosphoric acid groups is 1. The third-order valence-electron chi connectivity index (χ3n) is 2.79. The van der Waals surface area contributed by atoms with E-state index in [1.165, 1.54) is 0 Å². The molecule has 0 saturated carbocycles. The van der Waals surface area contributed by atoms with E-state index >= 15 is 0 Å². The minimum atomic E-state index is -4.83. The highest BCUT2D eigenvalue weighted by Gasteiger charge is 2.27. The summed E-state index contributed by atoms with van der Waals surface area (Å²) in [5.74, 6) is 0.726. The molecule has 2 aromatic carbocycles. The minimum Gasteiger partial charge on any atom is -0.485 e. The van der Waals surface area contributed by atoms with Crippen LogP contribution in [0.15, 0.2) is 51.1 Å². The molecule has 0 amide bonds. The summed E-state index contributed by atoms with van der Waals surface area (Å²) < 4.78 is 31.3. The van der Waals surface area contributed by atoms with E-state index in [1.54, 1.807) is 24.3 Å². The van der Waals surface area contributed by atoms with Gasteiger partial charge in [0.2, 0.25) is 6.29 Å². The average molecular weight is 784 g/mol. The number of hydrogen-bond acceptors (Lipinski definition) is 4. The van der Waals surface area contributed by atoms with Crippen LogP contribution < -0.4 is 9.47 Å². The number of benzene rings is 2. The average Bonchev–Trinajstić information content (AvgIpc) is 2.47. The lowest BCUT2D eigenvalue weighted by Gasteiger charge is -2.22. The molecule has 27 heavy (non-hydrogen) atoms. The summed E-state index contributed by atoms with van der Waals surface area (Å²) in [7, 11) is -4.83. The SMILES string of the molecule is O=P(O)(O)OC(COc1c(Br)cc(Br)cc1Br)Oc1c(Br)cc(Br)cc1Br.